The van der Waals surface area contributed by atoms with Gasteiger partial charge in [0.25, 0.3) is 0 Å². The van der Waals surface area contributed by atoms with Crippen molar-refractivity contribution in [2.75, 3.05) is 11.9 Å². The number of fused-ring (bicyclic) bond motifs is 1. The highest BCUT2D eigenvalue weighted by atomic mass is 79.9. The third kappa shape index (κ3) is 2.65. The van der Waals surface area contributed by atoms with Gasteiger partial charge in [0.15, 0.2) is 0 Å². The molecule has 1 heterocycles. The van der Waals surface area contributed by atoms with Gasteiger partial charge >= 0.3 is 0 Å². The highest BCUT2D eigenvalue weighted by Crippen LogP contribution is 2.31. The van der Waals surface area contributed by atoms with E-state index in [-0.39, 0.29) is 11.9 Å². The molecule has 19 heavy (non-hydrogen) atoms. The van der Waals surface area contributed by atoms with Gasteiger partial charge in [-0.3, -0.25) is 0 Å². The third-order valence-electron chi connectivity index (χ3n) is 3.23. The number of benzene rings is 2. The molecular formula is C15H13BrFNO. The smallest absolute Gasteiger partial charge is 0.124 e. The first-order valence-electron chi connectivity index (χ1n) is 6.11. The van der Waals surface area contributed by atoms with Gasteiger partial charge in [-0.25, -0.2) is 4.39 Å². The van der Waals surface area contributed by atoms with Crippen LogP contribution in [0.4, 0.5) is 10.1 Å². The van der Waals surface area contributed by atoms with Crippen molar-refractivity contribution in [2.24, 2.45) is 0 Å². The Balaban J connectivity index is 1.88. The lowest BCUT2D eigenvalue weighted by Gasteiger charge is -2.27. The van der Waals surface area contributed by atoms with E-state index in [1.54, 1.807) is 6.07 Å². The standard InChI is InChI=1S/C15H13BrFNO/c16-13-7-11(17)5-6-14(13)18-15-9-19-8-10-3-1-2-4-12(10)15/h1-7,15,18H,8-9H2. The molecular weight excluding hydrogens is 309 g/mol. The molecule has 1 aliphatic rings. The summed E-state index contributed by atoms with van der Waals surface area (Å²) < 4.78 is 19.4. The zero-order chi connectivity index (χ0) is 13.2. The van der Waals surface area contributed by atoms with Crippen molar-refractivity contribution in [1.29, 1.82) is 0 Å². The summed E-state index contributed by atoms with van der Waals surface area (Å²) in [5, 5.41) is 3.39. The van der Waals surface area contributed by atoms with Crippen LogP contribution in [0.25, 0.3) is 0 Å². The molecule has 1 N–H and O–H groups in total. The van der Waals surface area contributed by atoms with Crippen LogP contribution < -0.4 is 5.32 Å². The maximum absolute atomic E-state index is 13.1. The lowest BCUT2D eigenvalue weighted by molar-refractivity contribution is 0.0970. The molecule has 0 fully saturated rings. The molecule has 0 bridgehead atoms. The summed E-state index contributed by atoms with van der Waals surface area (Å²) in [6.45, 7) is 1.26. The predicted molar refractivity (Wildman–Crippen MR) is 76.6 cm³/mol. The zero-order valence-corrected chi connectivity index (χ0v) is 11.8. The fraction of sp³-hybridized carbons (Fsp3) is 0.200. The van der Waals surface area contributed by atoms with Gasteiger partial charge in [-0.1, -0.05) is 24.3 Å². The molecule has 2 aromatic rings. The molecule has 0 saturated heterocycles. The van der Waals surface area contributed by atoms with Gasteiger partial charge in [0.2, 0.25) is 0 Å². The number of hydrogen-bond acceptors (Lipinski definition) is 2. The summed E-state index contributed by atoms with van der Waals surface area (Å²) in [6.07, 6.45) is 0. The molecule has 3 rings (SSSR count). The van der Waals surface area contributed by atoms with E-state index in [9.17, 15) is 4.39 Å². The number of rotatable bonds is 2. The third-order valence-corrected chi connectivity index (χ3v) is 3.89. The summed E-state index contributed by atoms with van der Waals surface area (Å²) >= 11 is 3.37. The summed E-state index contributed by atoms with van der Waals surface area (Å²) in [6, 6.07) is 12.9. The topological polar surface area (TPSA) is 21.3 Å². The monoisotopic (exact) mass is 321 g/mol. The van der Waals surface area contributed by atoms with Gasteiger partial charge in [-0.15, -0.1) is 0 Å². The molecule has 4 heteroatoms. The first kappa shape index (κ1) is 12.6. The molecule has 1 unspecified atom stereocenters. The first-order chi connectivity index (χ1) is 9.24. The minimum Gasteiger partial charge on any atom is -0.375 e. The SMILES string of the molecule is Fc1ccc(NC2COCc3ccccc32)c(Br)c1. The van der Waals surface area contributed by atoms with Crippen molar-refractivity contribution < 1.29 is 9.13 Å². The van der Waals surface area contributed by atoms with Crippen LogP contribution in [-0.2, 0) is 11.3 Å². The number of anilines is 1. The molecule has 98 valence electrons. The Morgan fingerprint density at radius 2 is 2.05 bits per heavy atom. The average molecular weight is 322 g/mol. The van der Waals surface area contributed by atoms with Gasteiger partial charge in [0, 0.05) is 10.2 Å². The summed E-state index contributed by atoms with van der Waals surface area (Å²) in [5.74, 6) is -0.252. The Labute approximate surface area is 119 Å². The first-order valence-corrected chi connectivity index (χ1v) is 6.90. The minimum atomic E-state index is -0.252. The Bertz CT molecular complexity index is 602. The van der Waals surface area contributed by atoms with Gasteiger partial charge in [0.05, 0.1) is 19.3 Å². The maximum Gasteiger partial charge on any atom is 0.124 e. The summed E-state index contributed by atoms with van der Waals surface area (Å²) in [5.41, 5.74) is 3.31. The van der Waals surface area contributed by atoms with E-state index in [1.165, 1.54) is 23.3 Å². The van der Waals surface area contributed by atoms with Gasteiger partial charge < -0.3 is 10.1 Å². The van der Waals surface area contributed by atoms with E-state index in [1.807, 2.05) is 12.1 Å². The van der Waals surface area contributed by atoms with Crippen LogP contribution >= 0.6 is 15.9 Å². The van der Waals surface area contributed by atoms with Gasteiger partial charge in [-0.2, -0.15) is 0 Å². The molecule has 0 spiro atoms. The number of halogens is 2. The lowest BCUT2D eigenvalue weighted by atomic mass is 9.99. The van der Waals surface area contributed by atoms with E-state index in [0.717, 1.165) is 10.2 Å². The lowest BCUT2D eigenvalue weighted by Crippen LogP contribution is -2.23. The van der Waals surface area contributed by atoms with Crippen molar-refractivity contribution in [3.8, 4) is 0 Å². The largest absolute Gasteiger partial charge is 0.375 e. The quantitative estimate of drug-likeness (QED) is 0.891. The van der Waals surface area contributed by atoms with Crippen molar-refractivity contribution in [1.82, 2.24) is 0 Å². The second-order valence-electron chi connectivity index (χ2n) is 4.54. The highest BCUT2D eigenvalue weighted by molar-refractivity contribution is 9.10. The number of nitrogens with one attached hydrogen (secondary N) is 1. The Morgan fingerprint density at radius 3 is 2.89 bits per heavy atom. The molecule has 0 radical (unpaired) electrons. The molecule has 0 aromatic heterocycles. The predicted octanol–water partition coefficient (Wildman–Crippen LogP) is 4.27. The van der Waals surface area contributed by atoms with Crippen LogP contribution in [0.1, 0.15) is 17.2 Å². The van der Waals surface area contributed by atoms with E-state index in [4.69, 9.17) is 4.74 Å². The van der Waals surface area contributed by atoms with Crippen LogP contribution in [0.3, 0.4) is 0 Å². The molecule has 0 aliphatic carbocycles. The molecule has 1 aliphatic heterocycles. The van der Waals surface area contributed by atoms with E-state index >= 15 is 0 Å². The highest BCUT2D eigenvalue weighted by Gasteiger charge is 2.20. The number of hydrogen-bond donors (Lipinski definition) is 1. The minimum absolute atomic E-state index is 0.0895. The van der Waals surface area contributed by atoms with Crippen molar-refractivity contribution >= 4 is 21.6 Å². The fourth-order valence-corrected chi connectivity index (χ4v) is 2.76. The molecule has 1 atom stereocenters. The van der Waals surface area contributed by atoms with E-state index < -0.39 is 0 Å². The Kier molecular flexibility index (Phi) is 3.53. The van der Waals surface area contributed by atoms with Crippen LogP contribution in [0.2, 0.25) is 0 Å². The van der Waals surface area contributed by atoms with Crippen molar-refractivity contribution in [3.63, 3.8) is 0 Å². The Morgan fingerprint density at radius 1 is 1.21 bits per heavy atom. The van der Waals surface area contributed by atoms with E-state index in [0.29, 0.717) is 13.2 Å². The van der Waals surface area contributed by atoms with Gasteiger partial charge in [-0.05, 0) is 45.3 Å². The van der Waals surface area contributed by atoms with Crippen molar-refractivity contribution in [3.05, 3.63) is 63.9 Å². The van der Waals surface area contributed by atoms with Crippen molar-refractivity contribution in [2.45, 2.75) is 12.6 Å². The van der Waals surface area contributed by atoms with Crippen LogP contribution in [0.15, 0.2) is 46.9 Å². The average Bonchev–Trinajstić information content (AvgIpc) is 2.42. The number of ether oxygens (including phenoxy) is 1. The van der Waals surface area contributed by atoms with Crippen LogP contribution in [0.5, 0.6) is 0 Å². The Hall–Kier alpha value is -1.39. The maximum atomic E-state index is 13.1. The second kappa shape index (κ2) is 5.31. The summed E-state index contributed by atoms with van der Waals surface area (Å²) in [7, 11) is 0. The molecule has 0 amide bonds. The molecule has 0 saturated carbocycles. The van der Waals surface area contributed by atoms with E-state index in [2.05, 4.69) is 33.4 Å². The normalized spacial score (nSPS) is 17.9. The van der Waals surface area contributed by atoms with Gasteiger partial charge in [0.1, 0.15) is 5.82 Å². The summed E-state index contributed by atoms with van der Waals surface area (Å²) in [4.78, 5) is 0. The molecule has 2 aromatic carbocycles. The second-order valence-corrected chi connectivity index (χ2v) is 5.39. The zero-order valence-electron chi connectivity index (χ0n) is 10.2. The molecule has 2 nitrogen and oxygen atoms in total. The van der Waals surface area contributed by atoms with Crippen LogP contribution in [0, 0.1) is 5.82 Å². The van der Waals surface area contributed by atoms with Crippen LogP contribution in [-0.4, -0.2) is 6.61 Å². The fourth-order valence-electron chi connectivity index (χ4n) is 2.30.